The van der Waals surface area contributed by atoms with E-state index in [-0.39, 0.29) is 36.1 Å². The molecule has 1 aromatic carbocycles. The van der Waals surface area contributed by atoms with Crippen LogP contribution in [0.2, 0.25) is 0 Å². The van der Waals surface area contributed by atoms with Crippen molar-refractivity contribution in [2.24, 2.45) is 5.92 Å². The van der Waals surface area contributed by atoms with Crippen LogP contribution < -0.4 is 0 Å². The fraction of sp³-hybridized carbons (Fsp3) is 0.385. The summed E-state index contributed by atoms with van der Waals surface area (Å²) in [5.74, 6) is -3.07. The lowest BCUT2D eigenvalue weighted by Crippen LogP contribution is -2.31. The van der Waals surface area contributed by atoms with Crippen molar-refractivity contribution in [2.45, 2.75) is 11.3 Å². The molecule has 0 spiro atoms. The Morgan fingerprint density at radius 2 is 1.95 bits per heavy atom. The van der Waals surface area contributed by atoms with Crippen LogP contribution in [0, 0.1) is 11.7 Å². The second kappa shape index (κ2) is 5.80. The number of carbonyl (C=O) groups is 2. The van der Waals surface area contributed by atoms with Gasteiger partial charge in [0.25, 0.3) is 0 Å². The van der Waals surface area contributed by atoms with E-state index in [0.717, 1.165) is 24.3 Å². The number of sulfone groups is 1. The number of amides is 1. The van der Waals surface area contributed by atoms with Crippen LogP contribution in [-0.2, 0) is 19.4 Å². The van der Waals surface area contributed by atoms with E-state index >= 15 is 0 Å². The summed E-state index contributed by atoms with van der Waals surface area (Å²) in [5.41, 5.74) is 0. The number of carboxylic acid groups (broad SMARTS) is 1. The van der Waals surface area contributed by atoms with Gasteiger partial charge in [-0.1, -0.05) is 0 Å². The van der Waals surface area contributed by atoms with Gasteiger partial charge in [0.15, 0.2) is 9.84 Å². The number of carboxylic acids is 1. The number of likely N-dealkylation sites (tertiary alicyclic amines) is 1. The van der Waals surface area contributed by atoms with Gasteiger partial charge in [-0.15, -0.1) is 0 Å². The van der Waals surface area contributed by atoms with Crippen LogP contribution in [0.25, 0.3) is 0 Å². The van der Waals surface area contributed by atoms with Crippen molar-refractivity contribution in [1.29, 1.82) is 0 Å². The van der Waals surface area contributed by atoms with E-state index in [1.54, 1.807) is 0 Å². The van der Waals surface area contributed by atoms with E-state index in [4.69, 9.17) is 5.11 Å². The third-order valence-electron chi connectivity index (χ3n) is 3.37. The Balaban J connectivity index is 2.01. The molecule has 1 fully saturated rings. The fourth-order valence-electron chi connectivity index (χ4n) is 2.14. The molecule has 1 amide bonds. The molecule has 1 atom stereocenters. The maximum absolute atomic E-state index is 12.8. The van der Waals surface area contributed by atoms with Crippen molar-refractivity contribution < 1.29 is 27.5 Å². The molecule has 0 saturated carbocycles. The summed E-state index contributed by atoms with van der Waals surface area (Å²) in [6, 6.07) is 4.43. The normalized spacial score (nSPS) is 19.0. The highest BCUT2D eigenvalue weighted by Crippen LogP contribution is 2.19. The largest absolute Gasteiger partial charge is 0.481 e. The number of aliphatic carboxylic acids is 1. The minimum atomic E-state index is -3.63. The van der Waals surface area contributed by atoms with Crippen LogP contribution in [0.15, 0.2) is 29.2 Å². The fourth-order valence-corrected chi connectivity index (χ4v) is 3.39. The van der Waals surface area contributed by atoms with Crippen LogP contribution in [0.1, 0.15) is 6.42 Å². The second-order valence-electron chi connectivity index (χ2n) is 4.85. The van der Waals surface area contributed by atoms with Gasteiger partial charge in [0.1, 0.15) is 5.82 Å². The summed E-state index contributed by atoms with van der Waals surface area (Å²) >= 11 is 0. The Hall–Kier alpha value is -1.96. The lowest BCUT2D eigenvalue weighted by Gasteiger charge is -2.15. The molecule has 1 N–H and O–H groups in total. The lowest BCUT2D eigenvalue weighted by molar-refractivity contribution is -0.141. The average molecular weight is 315 g/mol. The summed E-state index contributed by atoms with van der Waals surface area (Å²) in [6.07, 6.45) is -0.105. The topological polar surface area (TPSA) is 91.8 Å². The van der Waals surface area contributed by atoms with Crippen molar-refractivity contribution in [1.82, 2.24) is 4.90 Å². The van der Waals surface area contributed by atoms with Gasteiger partial charge >= 0.3 is 5.97 Å². The SMILES string of the molecule is O=C(O)C1CC(=O)N(CCS(=O)(=O)c2ccc(F)cc2)C1. The number of hydrogen-bond donors (Lipinski definition) is 1. The van der Waals surface area contributed by atoms with Crippen LogP contribution in [0.3, 0.4) is 0 Å². The number of rotatable bonds is 5. The third-order valence-corrected chi connectivity index (χ3v) is 5.08. The Labute approximate surface area is 121 Å². The first-order valence-electron chi connectivity index (χ1n) is 6.28. The summed E-state index contributed by atoms with van der Waals surface area (Å²) in [6.45, 7) is -0.0462. The van der Waals surface area contributed by atoms with Gasteiger partial charge < -0.3 is 10.0 Å². The van der Waals surface area contributed by atoms with Crippen LogP contribution in [0.5, 0.6) is 0 Å². The molecule has 1 aliphatic rings. The van der Waals surface area contributed by atoms with Gasteiger partial charge in [0, 0.05) is 19.5 Å². The standard InChI is InChI=1S/C13H14FNO5S/c14-10-1-3-11(4-2-10)21(19,20)6-5-15-8-9(13(17)18)7-12(15)16/h1-4,9H,5-8H2,(H,17,18). The number of carbonyl (C=O) groups excluding carboxylic acids is 1. The maximum atomic E-state index is 12.8. The highest BCUT2D eigenvalue weighted by atomic mass is 32.2. The predicted molar refractivity (Wildman–Crippen MR) is 70.8 cm³/mol. The Kier molecular flexibility index (Phi) is 4.26. The number of hydrogen-bond acceptors (Lipinski definition) is 4. The quantitative estimate of drug-likeness (QED) is 0.800. The minimum Gasteiger partial charge on any atom is -0.481 e. The Morgan fingerprint density at radius 3 is 2.48 bits per heavy atom. The molecular formula is C13H14FNO5S. The number of halogens is 1. The first-order valence-corrected chi connectivity index (χ1v) is 7.94. The molecule has 21 heavy (non-hydrogen) atoms. The molecule has 0 radical (unpaired) electrons. The van der Waals surface area contributed by atoms with E-state index in [1.165, 1.54) is 4.90 Å². The van der Waals surface area contributed by atoms with Crippen molar-refractivity contribution >= 4 is 21.7 Å². The molecule has 1 heterocycles. The number of benzene rings is 1. The zero-order valence-electron chi connectivity index (χ0n) is 11.0. The van der Waals surface area contributed by atoms with E-state index in [2.05, 4.69) is 0 Å². The first kappa shape index (κ1) is 15.4. The summed E-state index contributed by atoms with van der Waals surface area (Å²) in [4.78, 5) is 23.6. The van der Waals surface area contributed by atoms with Crippen molar-refractivity contribution in [3.05, 3.63) is 30.1 Å². The van der Waals surface area contributed by atoms with Gasteiger partial charge in [0.05, 0.1) is 16.6 Å². The van der Waals surface area contributed by atoms with Crippen molar-refractivity contribution in [2.75, 3.05) is 18.8 Å². The van der Waals surface area contributed by atoms with Crippen LogP contribution in [-0.4, -0.2) is 49.1 Å². The molecule has 2 rings (SSSR count). The smallest absolute Gasteiger partial charge is 0.308 e. The van der Waals surface area contributed by atoms with Gasteiger partial charge in [0.2, 0.25) is 5.91 Å². The second-order valence-corrected chi connectivity index (χ2v) is 6.96. The third kappa shape index (κ3) is 3.57. The average Bonchev–Trinajstić information content (AvgIpc) is 2.79. The highest BCUT2D eigenvalue weighted by Gasteiger charge is 2.34. The minimum absolute atomic E-state index is 0.0209. The summed E-state index contributed by atoms with van der Waals surface area (Å²) in [7, 11) is -3.63. The summed E-state index contributed by atoms with van der Waals surface area (Å²) in [5, 5.41) is 8.85. The molecule has 1 saturated heterocycles. The molecule has 1 unspecified atom stereocenters. The summed E-state index contributed by atoms with van der Waals surface area (Å²) < 4.78 is 36.9. The van der Waals surface area contributed by atoms with E-state index in [0.29, 0.717) is 0 Å². The van der Waals surface area contributed by atoms with Crippen molar-refractivity contribution in [3.63, 3.8) is 0 Å². The zero-order valence-corrected chi connectivity index (χ0v) is 11.8. The molecule has 0 aromatic heterocycles. The molecule has 1 aliphatic heterocycles. The zero-order chi connectivity index (χ0) is 15.6. The monoisotopic (exact) mass is 315 g/mol. The Bertz CT molecular complexity index is 656. The number of nitrogens with zero attached hydrogens (tertiary/aromatic N) is 1. The van der Waals surface area contributed by atoms with Gasteiger partial charge in [-0.3, -0.25) is 9.59 Å². The lowest BCUT2D eigenvalue weighted by atomic mass is 10.1. The molecule has 0 aliphatic carbocycles. The van der Waals surface area contributed by atoms with Gasteiger partial charge in [-0.25, -0.2) is 12.8 Å². The Morgan fingerprint density at radius 1 is 1.33 bits per heavy atom. The van der Waals surface area contributed by atoms with Crippen LogP contribution >= 0.6 is 0 Å². The maximum Gasteiger partial charge on any atom is 0.308 e. The van der Waals surface area contributed by atoms with E-state index in [1.807, 2.05) is 0 Å². The van der Waals surface area contributed by atoms with E-state index < -0.39 is 27.5 Å². The van der Waals surface area contributed by atoms with E-state index in [9.17, 15) is 22.4 Å². The molecule has 114 valence electrons. The highest BCUT2D eigenvalue weighted by molar-refractivity contribution is 7.91. The molecule has 8 heteroatoms. The predicted octanol–water partition coefficient (Wildman–Crippen LogP) is 0.532. The first-order chi connectivity index (χ1) is 9.79. The van der Waals surface area contributed by atoms with Crippen LogP contribution in [0.4, 0.5) is 4.39 Å². The molecule has 0 bridgehead atoms. The molecular weight excluding hydrogens is 301 g/mol. The van der Waals surface area contributed by atoms with Gasteiger partial charge in [-0.2, -0.15) is 0 Å². The van der Waals surface area contributed by atoms with Crippen molar-refractivity contribution in [3.8, 4) is 0 Å². The molecule has 1 aromatic rings. The van der Waals surface area contributed by atoms with Gasteiger partial charge in [-0.05, 0) is 24.3 Å². The molecule has 6 nitrogen and oxygen atoms in total.